The number of hydrogen-bond donors (Lipinski definition) is 1. The van der Waals surface area contributed by atoms with Crippen LogP contribution in [0.15, 0.2) is 48.5 Å². The molecule has 6 nitrogen and oxygen atoms in total. The molecule has 3 fully saturated rings. The van der Waals surface area contributed by atoms with Crippen LogP contribution in [0.3, 0.4) is 0 Å². The van der Waals surface area contributed by atoms with Crippen LogP contribution in [0.1, 0.15) is 50.6 Å². The fourth-order valence-electron chi connectivity index (χ4n) is 6.82. The first kappa shape index (κ1) is 23.7. The number of carbonyl (C=O) groups is 1. The number of piperidine rings is 1. The molecule has 6 rings (SSSR count). The number of ether oxygens (including phenoxy) is 1. The highest BCUT2D eigenvalue weighted by Crippen LogP contribution is 2.44. The van der Waals surface area contributed by atoms with E-state index < -0.39 is 5.41 Å². The fraction of sp³-hybridized carbons (Fsp3) is 0.552. The van der Waals surface area contributed by atoms with Crippen molar-refractivity contribution in [1.29, 1.82) is 0 Å². The summed E-state index contributed by atoms with van der Waals surface area (Å²) in [5.74, 6) is -0.0393. The maximum Gasteiger partial charge on any atom is 0.231 e. The second-order valence-electron chi connectivity index (χ2n) is 11.4. The highest BCUT2D eigenvalue weighted by molar-refractivity contribution is 5.83. The lowest BCUT2D eigenvalue weighted by molar-refractivity contribution is -0.158. The number of anilines is 2. The summed E-state index contributed by atoms with van der Waals surface area (Å²) >= 11 is 0. The summed E-state index contributed by atoms with van der Waals surface area (Å²) < 4.78 is 19.8. The van der Waals surface area contributed by atoms with Crippen molar-refractivity contribution in [2.45, 2.75) is 63.2 Å². The minimum Gasteiger partial charge on any atom is -0.379 e. The quantitative estimate of drug-likeness (QED) is 0.624. The first-order valence-electron chi connectivity index (χ1n) is 13.4. The van der Waals surface area contributed by atoms with Crippen LogP contribution in [0.25, 0.3) is 0 Å². The van der Waals surface area contributed by atoms with E-state index in [0.29, 0.717) is 31.3 Å². The largest absolute Gasteiger partial charge is 0.379 e. The van der Waals surface area contributed by atoms with Gasteiger partial charge in [0.05, 0.1) is 42.7 Å². The second kappa shape index (κ2) is 9.34. The molecule has 3 atom stereocenters. The summed E-state index contributed by atoms with van der Waals surface area (Å²) in [7, 11) is 1.99. The highest BCUT2D eigenvalue weighted by atomic mass is 19.1. The molecule has 4 aliphatic heterocycles. The van der Waals surface area contributed by atoms with E-state index in [4.69, 9.17) is 4.74 Å². The predicted molar refractivity (Wildman–Crippen MR) is 140 cm³/mol. The fourth-order valence-corrected chi connectivity index (χ4v) is 6.82. The number of nitrogens with one attached hydrogen (secondary N) is 1. The molecular formula is C29H37FN4O2. The first-order chi connectivity index (χ1) is 17.4. The molecule has 0 spiro atoms. The van der Waals surface area contributed by atoms with Crippen LogP contribution in [0, 0.1) is 11.2 Å². The van der Waals surface area contributed by atoms with Crippen molar-refractivity contribution >= 4 is 17.3 Å². The highest BCUT2D eigenvalue weighted by Gasteiger charge is 2.45. The molecule has 4 heterocycles. The normalized spacial score (nSPS) is 27.5. The Morgan fingerprint density at radius 2 is 1.81 bits per heavy atom. The Labute approximate surface area is 213 Å². The molecule has 1 N–H and O–H groups in total. The van der Waals surface area contributed by atoms with Crippen LogP contribution in [-0.2, 0) is 9.53 Å². The van der Waals surface area contributed by atoms with Crippen LogP contribution in [0.2, 0.25) is 0 Å². The van der Waals surface area contributed by atoms with Crippen LogP contribution in [-0.4, -0.2) is 62.4 Å². The van der Waals surface area contributed by atoms with Gasteiger partial charge in [-0.2, -0.15) is 0 Å². The van der Waals surface area contributed by atoms with Crippen molar-refractivity contribution in [2.75, 3.05) is 43.3 Å². The monoisotopic (exact) mass is 492 g/mol. The second-order valence-corrected chi connectivity index (χ2v) is 11.4. The van der Waals surface area contributed by atoms with Crippen LogP contribution < -0.4 is 15.1 Å². The molecule has 36 heavy (non-hydrogen) atoms. The number of carbonyl (C=O) groups excluding carboxylic acids is 1. The molecule has 2 aromatic carbocycles. The first-order valence-corrected chi connectivity index (χ1v) is 13.4. The van der Waals surface area contributed by atoms with Gasteiger partial charge in [0.1, 0.15) is 5.82 Å². The lowest BCUT2D eigenvalue weighted by Crippen LogP contribution is -2.53. The molecule has 0 radical (unpaired) electrons. The van der Waals surface area contributed by atoms with Crippen LogP contribution in [0.5, 0.6) is 0 Å². The number of fused-ring (bicyclic) bond motifs is 3. The Bertz CT molecular complexity index is 1090. The molecule has 2 unspecified atom stereocenters. The smallest absolute Gasteiger partial charge is 0.231 e. The maximum absolute atomic E-state index is 14.5. The van der Waals surface area contributed by atoms with Gasteiger partial charge < -0.3 is 19.9 Å². The molecular weight excluding hydrogens is 455 g/mol. The Morgan fingerprint density at radius 1 is 1.08 bits per heavy atom. The third-order valence-corrected chi connectivity index (χ3v) is 8.89. The van der Waals surface area contributed by atoms with Crippen molar-refractivity contribution in [2.24, 2.45) is 5.41 Å². The SMILES string of the molecule is CN1CN(C2CC3CCC(C2)N3CC[C@H](NC(=O)C2(C)COC2)c2ccccc2)c2cccc(F)c21. The van der Waals surface area contributed by atoms with Gasteiger partial charge in [-0.15, -0.1) is 0 Å². The number of para-hydroxylation sites is 1. The molecule has 7 heteroatoms. The molecule has 2 bridgehead atoms. The van der Waals surface area contributed by atoms with Gasteiger partial charge in [-0.3, -0.25) is 9.69 Å². The molecule has 0 saturated carbocycles. The number of nitrogens with zero attached hydrogens (tertiary/aromatic N) is 3. The van der Waals surface area contributed by atoms with Gasteiger partial charge in [-0.1, -0.05) is 36.4 Å². The minimum absolute atomic E-state index is 0.00432. The van der Waals surface area contributed by atoms with Crippen molar-refractivity contribution in [3.05, 3.63) is 59.9 Å². The number of benzene rings is 2. The Hall–Kier alpha value is -2.64. The lowest BCUT2D eigenvalue weighted by atomic mass is 9.86. The number of amides is 1. The molecule has 1 amide bonds. The number of halogens is 1. The zero-order valence-corrected chi connectivity index (χ0v) is 21.3. The van der Waals surface area contributed by atoms with Crippen molar-refractivity contribution in [3.8, 4) is 0 Å². The van der Waals surface area contributed by atoms with Gasteiger partial charge in [0.15, 0.2) is 0 Å². The molecule has 2 aromatic rings. The third-order valence-electron chi connectivity index (χ3n) is 8.89. The van der Waals surface area contributed by atoms with E-state index in [1.807, 2.05) is 43.1 Å². The summed E-state index contributed by atoms with van der Waals surface area (Å²) in [5.41, 5.74) is 2.52. The van der Waals surface area contributed by atoms with Crippen LogP contribution in [0.4, 0.5) is 15.8 Å². The van der Waals surface area contributed by atoms with E-state index in [1.54, 1.807) is 6.07 Å². The number of rotatable bonds is 7. The average molecular weight is 493 g/mol. The number of hydrogen-bond acceptors (Lipinski definition) is 5. The van der Waals surface area contributed by atoms with Gasteiger partial charge in [-0.25, -0.2) is 4.39 Å². The summed E-state index contributed by atoms with van der Waals surface area (Å²) in [6.07, 6.45) is 5.55. The third kappa shape index (κ3) is 4.16. The van der Waals surface area contributed by atoms with Crippen LogP contribution >= 0.6 is 0 Å². The van der Waals surface area contributed by atoms with E-state index in [0.717, 1.165) is 49.4 Å². The van der Waals surface area contributed by atoms with E-state index in [1.165, 1.54) is 12.8 Å². The van der Waals surface area contributed by atoms with Crippen molar-refractivity contribution < 1.29 is 13.9 Å². The van der Waals surface area contributed by atoms with Gasteiger partial charge in [0, 0.05) is 31.7 Å². The van der Waals surface area contributed by atoms with Crippen molar-refractivity contribution in [1.82, 2.24) is 10.2 Å². The van der Waals surface area contributed by atoms with Gasteiger partial charge >= 0.3 is 0 Å². The van der Waals surface area contributed by atoms with Gasteiger partial charge in [0.25, 0.3) is 0 Å². The standard InChI is InChI=1S/C29H37FN4O2/c1-29(17-36-18-29)28(35)31-25(20-7-4-3-5-8-20)13-14-33-21-11-12-22(33)16-23(15-21)34-19-32(2)27-24(30)9-6-10-26(27)34/h3-10,21-23,25H,11-19H2,1-2H3,(H,31,35)/t21?,22?,23?,25-/m0/s1. The summed E-state index contributed by atoms with van der Waals surface area (Å²) in [6.45, 7) is 4.71. The molecule has 0 aromatic heterocycles. The van der Waals surface area contributed by atoms with E-state index in [9.17, 15) is 9.18 Å². The van der Waals surface area contributed by atoms with E-state index in [-0.39, 0.29) is 17.8 Å². The Balaban J connectivity index is 1.13. The van der Waals surface area contributed by atoms with Gasteiger partial charge in [-0.05, 0) is 56.7 Å². The summed E-state index contributed by atoms with van der Waals surface area (Å²) in [4.78, 5) is 20.2. The molecule has 0 aliphatic carbocycles. The Kier molecular flexibility index (Phi) is 6.16. The summed E-state index contributed by atoms with van der Waals surface area (Å²) in [6, 6.07) is 17.3. The minimum atomic E-state index is -0.414. The summed E-state index contributed by atoms with van der Waals surface area (Å²) in [5, 5.41) is 3.35. The van der Waals surface area contributed by atoms with E-state index >= 15 is 0 Å². The van der Waals surface area contributed by atoms with Gasteiger partial charge in [0.2, 0.25) is 5.91 Å². The zero-order chi connectivity index (χ0) is 24.9. The topological polar surface area (TPSA) is 48.0 Å². The Morgan fingerprint density at radius 3 is 2.47 bits per heavy atom. The van der Waals surface area contributed by atoms with E-state index in [2.05, 4.69) is 33.3 Å². The molecule has 4 aliphatic rings. The zero-order valence-electron chi connectivity index (χ0n) is 21.3. The van der Waals surface area contributed by atoms with Crippen molar-refractivity contribution in [3.63, 3.8) is 0 Å². The maximum atomic E-state index is 14.5. The average Bonchev–Trinajstić information content (AvgIpc) is 3.32. The molecule has 3 saturated heterocycles. The predicted octanol–water partition coefficient (Wildman–Crippen LogP) is 4.32. The molecule has 192 valence electrons. The lowest BCUT2D eigenvalue weighted by Gasteiger charge is -2.43.